The molecule has 1 aliphatic heterocycles. The topological polar surface area (TPSA) is 12.5 Å². The van der Waals surface area contributed by atoms with Gasteiger partial charge in [0.15, 0.2) is 0 Å². The van der Waals surface area contributed by atoms with Gasteiger partial charge in [0.2, 0.25) is 0 Å². The first kappa shape index (κ1) is 11.0. The predicted octanol–water partition coefficient (Wildman–Crippen LogP) is 2.29. The number of nitrogens with zero attached hydrogens (tertiary/aromatic N) is 1. The van der Waals surface area contributed by atoms with E-state index in [0.717, 1.165) is 6.61 Å². The molecule has 0 saturated carbocycles. The van der Waals surface area contributed by atoms with E-state index in [9.17, 15) is 0 Å². The Labute approximate surface area is 82.3 Å². The highest BCUT2D eigenvalue weighted by molar-refractivity contribution is 4.90. The van der Waals surface area contributed by atoms with Crippen molar-refractivity contribution in [1.29, 1.82) is 0 Å². The molecule has 0 aromatic carbocycles. The van der Waals surface area contributed by atoms with Gasteiger partial charge in [0, 0.05) is 5.54 Å². The zero-order valence-corrected chi connectivity index (χ0v) is 9.68. The van der Waals surface area contributed by atoms with E-state index < -0.39 is 0 Å². The highest BCUT2D eigenvalue weighted by atomic mass is 16.5. The molecule has 1 atom stereocenters. The van der Waals surface area contributed by atoms with Gasteiger partial charge < -0.3 is 4.74 Å². The summed E-state index contributed by atoms with van der Waals surface area (Å²) < 4.78 is 5.84. The molecule has 78 valence electrons. The first-order valence-corrected chi connectivity index (χ1v) is 5.19. The summed E-state index contributed by atoms with van der Waals surface area (Å²) in [5, 5.41) is 0. The van der Waals surface area contributed by atoms with E-state index in [1.165, 1.54) is 19.4 Å². The molecule has 0 spiro atoms. The molecule has 1 fully saturated rings. The van der Waals surface area contributed by atoms with Gasteiger partial charge in [0.05, 0.1) is 12.2 Å². The molecule has 0 aromatic rings. The van der Waals surface area contributed by atoms with E-state index in [-0.39, 0.29) is 11.1 Å². The van der Waals surface area contributed by atoms with E-state index in [1.54, 1.807) is 0 Å². The number of likely N-dealkylation sites (tertiary alicyclic amines) is 1. The summed E-state index contributed by atoms with van der Waals surface area (Å²) in [7, 11) is 2.19. The van der Waals surface area contributed by atoms with Crippen LogP contribution in [0.1, 0.15) is 40.5 Å². The predicted molar refractivity (Wildman–Crippen MR) is 56.0 cm³/mol. The molecule has 0 aromatic heterocycles. The van der Waals surface area contributed by atoms with Crippen molar-refractivity contribution < 1.29 is 4.74 Å². The highest BCUT2D eigenvalue weighted by Gasteiger charge is 2.35. The maximum atomic E-state index is 5.84. The summed E-state index contributed by atoms with van der Waals surface area (Å²) in [6.07, 6.45) is 2.57. The lowest BCUT2D eigenvalue weighted by molar-refractivity contribution is -0.0517. The number of rotatable bonds is 2. The molecule has 0 bridgehead atoms. The molecule has 0 unspecified atom stereocenters. The zero-order chi connectivity index (χ0) is 10.1. The molecule has 0 aliphatic carbocycles. The van der Waals surface area contributed by atoms with Crippen LogP contribution in [0.15, 0.2) is 0 Å². The Bertz CT molecular complexity index is 173. The summed E-state index contributed by atoms with van der Waals surface area (Å²) in [6, 6.07) is 0. The van der Waals surface area contributed by atoms with Gasteiger partial charge in [-0.3, -0.25) is 4.90 Å². The van der Waals surface area contributed by atoms with Gasteiger partial charge in [-0.25, -0.2) is 0 Å². The zero-order valence-electron chi connectivity index (χ0n) is 9.68. The Morgan fingerprint density at radius 2 is 2.00 bits per heavy atom. The number of hydrogen-bond donors (Lipinski definition) is 0. The molecule has 1 heterocycles. The summed E-state index contributed by atoms with van der Waals surface area (Å²) in [6.45, 7) is 10.7. The number of likely N-dealkylation sites (N-methyl/N-ethyl adjacent to an activating group) is 1. The molecule has 13 heavy (non-hydrogen) atoms. The van der Waals surface area contributed by atoms with E-state index in [4.69, 9.17) is 4.74 Å². The molecule has 2 nitrogen and oxygen atoms in total. The average molecular weight is 185 g/mol. The van der Waals surface area contributed by atoms with Crippen LogP contribution in [0, 0.1) is 0 Å². The van der Waals surface area contributed by atoms with Crippen molar-refractivity contribution in [2.45, 2.75) is 51.7 Å². The lowest BCUT2D eigenvalue weighted by Gasteiger charge is -2.34. The van der Waals surface area contributed by atoms with Crippen LogP contribution in [-0.4, -0.2) is 36.2 Å². The largest absolute Gasteiger partial charge is 0.374 e. The highest BCUT2D eigenvalue weighted by Crippen LogP contribution is 2.28. The van der Waals surface area contributed by atoms with Gasteiger partial charge in [-0.15, -0.1) is 0 Å². The summed E-state index contributed by atoms with van der Waals surface area (Å²) in [5.74, 6) is 0. The minimum absolute atomic E-state index is 0.00750. The second kappa shape index (κ2) is 3.58. The second-order valence-electron chi connectivity index (χ2n) is 5.42. The van der Waals surface area contributed by atoms with E-state index in [0.29, 0.717) is 0 Å². The average Bonchev–Trinajstić information content (AvgIpc) is 2.29. The number of ether oxygens (including phenoxy) is 1. The quantitative estimate of drug-likeness (QED) is 0.654. The minimum Gasteiger partial charge on any atom is -0.374 e. The lowest BCUT2D eigenvalue weighted by Crippen LogP contribution is -2.44. The molecule has 0 radical (unpaired) electrons. The fourth-order valence-electron chi connectivity index (χ4n) is 1.71. The number of hydrogen-bond acceptors (Lipinski definition) is 2. The third kappa shape index (κ3) is 2.96. The van der Waals surface area contributed by atoms with E-state index >= 15 is 0 Å². The van der Waals surface area contributed by atoms with Crippen molar-refractivity contribution in [1.82, 2.24) is 4.90 Å². The maximum Gasteiger partial charge on any atom is 0.0654 e. The lowest BCUT2D eigenvalue weighted by atomic mass is 10.0. The van der Waals surface area contributed by atoms with Crippen molar-refractivity contribution in [3.05, 3.63) is 0 Å². The SMILES string of the molecule is CN1CCC[C@]1(C)COC(C)(C)C. The van der Waals surface area contributed by atoms with Crippen LogP contribution >= 0.6 is 0 Å². The Morgan fingerprint density at radius 3 is 2.38 bits per heavy atom. The van der Waals surface area contributed by atoms with Crippen LogP contribution in [-0.2, 0) is 4.74 Å². The first-order valence-electron chi connectivity index (χ1n) is 5.19. The Kier molecular flexibility index (Phi) is 3.03. The molecule has 2 heteroatoms. The van der Waals surface area contributed by atoms with Gasteiger partial charge >= 0.3 is 0 Å². The third-order valence-electron chi connectivity index (χ3n) is 2.95. The van der Waals surface area contributed by atoms with Crippen LogP contribution in [0.2, 0.25) is 0 Å². The van der Waals surface area contributed by atoms with Crippen molar-refractivity contribution in [2.24, 2.45) is 0 Å². The maximum absolute atomic E-state index is 5.84. The molecule has 0 N–H and O–H groups in total. The van der Waals surface area contributed by atoms with E-state index in [2.05, 4.69) is 39.6 Å². The standard InChI is InChI=1S/C11H23NO/c1-10(2,3)13-9-11(4)7-6-8-12(11)5/h6-9H2,1-5H3/t11-/m1/s1. The van der Waals surface area contributed by atoms with Crippen LogP contribution in [0.3, 0.4) is 0 Å². The smallest absolute Gasteiger partial charge is 0.0654 e. The molecule has 1 saturated heterocycles. The van der Waals surface area contributed by atoms with Gasteiger partial charge in [0.1, 0.15) is 0 Å². The summed E-state index contributed by atoms with van der Waals surface area (Å²) >= 11 is 0. The molecular formula is C11H23NO. The van der Waals surface area contributed by atoms with Gasteiger partial charge in [-0.05, 0) is 54.1 Å². The second-order valence-corrected chi connectivity index (χ2v) is 5.42. The van der Waals surface area contributed by atoms with Crippen molar-refractivity contribution in [2.75, 3.05) is 20.2 Å². The molecular weight excluding hydrogens is 162 g/mol. The van der Waals surface area contributed by atoms with Crippen LogP contribution in [0.25, 0.3) is 0 Å². The molecule has 1 rings (SSSR count). The van der Waals surface area contributed by atoms with E-state index in [1.807, 2.05) is 0 Å². The first-order chi connectivity index (χ1) is 5.83. The summed E-state index contributed by atoms with van der Waals surface area (Å²) in [4.78, 5) is 2.42. The Hall–Kier alpha value is -0.0800. The monoisotopic (exact) mass is 185 g/mol. The molecule has 1 aliphatic rings. The van der Waals surface area contributed by atoms with Gasteiger partial charge in [-0.1, -0.05) is 0 Å². The summed E-state index contributed by atoms with van der Waals surface area (Å²) in [5.41, 5.74) is 0.264. The minimum atomic E-state index is -0.00750. The third-order valence-corrected chi connectivity index (χ3v) is 2.95. The van der Waals surface area contributed by atoms with Crippen LogP contribution < -0.4 is 0 Å². The van der Waals surface area contributed by atoms with Crippen LogP contribution in [0.5, 0.6) is 0 Å². The van der Waals surface area contributed by atoms with Crippen molar-refractivity contribution >= 4 is 0 Å². The van der Waals surface area contributed by atoms with Crippen molar-refractivity contribution in [3.8, 4) is 0 Å². The Balaban J connectivity index is 2.43. The Morgan fingerprint density at radius 1 is 1.38 bits per heavy atom. The van der Waals surface area contributed by atoms with Gasteiger partial charge in [-0.2, -0.15) is 0 Å². The molecule has 0 amide bonds. The fraction of sp³-hybridized carbons (Fsp3) is 1.00. The normalized spacial score (nSPS) is 31.2. The van der Waals surface area contributed by atoms with Crippen LogP contribution in [0.4, 0.5) is 0 Å². The van der Waals surface area contributed by atoms with Gasteiger partial charge in [0.25, 0.3) is 0 Å². The fourth-order valence-corrected chi connectivity index (χ4v) is 1.71. The van der Waals surface area contributed by atoms with Crippen molar-refractivity contribution in [3.63, 3.8) is 0 Å².